The van der Waals surface area contributed by atoms with Gasteiger partial charge in [-0.1, -0.05) is 132 Å². The second-order valence-electron chi connectivity index (χ2n) is 9.88. The lowest BCUT2D eigenvalue weighted by Crippen LogP contribution is -1.95. The largest absolute Gasteiger partial charge is 0.0837 e. The van der Waals surface area contributed by atoms with Crippen LogP contribution in [0.2, 0.25) is 10.0 Å². The molecule has 2 heteroatoms. The van der Waals surface area contributed by atoms with E-state index >= 15 is 0 Å². The molecule has 0 aliphatic heterocycles. The van der Waals surface area contributed by atoms with Crippen LogP contribution in [0.25, 0.3) is 76.1 Å². The van der Waals surface area contributed by atoms with E-state index < -0.39 is 0 Å². The van der Waals surface area contributed by atoms with Crippen LogP contribution in [0.1, 0.15) is 0 Å². The van der Waals surface area contributed by atoms with Crippen LogP contribution in [-0.2, 0) is 0 Å². The predicted octanol–water partition coefficient (Wildman–Crippen LogP) is 11.5. The monoisotopic (exact) mass is 522 g/mol. The van der Waals surface area contributed by atoms with Crippen molar-refractivity contribution in [1.82, 2.24) is 0 Å². The highest BCUT2D eigenvalue weighted by Crippen LogP contribution is 2.52. The fourth-order valence-corrected chi connectivity index (χ4v) is 6.92. The van der Waals surface area contributed by atoms with Crippen molar-refractivity contribution >= 4 is 77.1 Å². The van der Waals surface area contributed by atoms with E-state index in [0.29, 0.717) is 0 Å². The minimum Gasteiger partial charge on any atom is -0.0837 e. The van der Waals surface area contributed by atoms with Crippen LogP contribution in [0.4, 0.5) is 0 Å². The van der Waals surface area contributed by atoms with Crippen LogP contribution in [0.15, 0.2) is 121 Å². The molecule has 0 unspecified atom stereocenters. The lowest BCUT2D eigenvalue weighted by Gasteiger charge is -2.23. The van der Waals surface area contributed by atoms with Crippen molar-refractivity contribution in [3.05, 3.63) is 131 Å². The summed E-state index contributed by atoms with van der Waals surface area (Å²) in [5.41, 5.74) is 4.42. The molecule has 0 saturated heterocycles. The molecule has 0 saturated carbocycles. The van der Waals surface area contributed by atoms with Gasteiger partial charge in [-0.25, -0.2) is 0 Å². The van der Waals surface area contributed by atoms with Crippen molar-refractivity contribution in [3.8, 4) is 22.3 Å². The van der Waals surface area contributed by atoms with E-state index in [-0.39, 0.29) is 0 Å². The first-order valence-electron chi connectivity index (χ1n) is 12.8. The van der Waals surface area contributed by atoms with Crippen LogP contribution in [0, 0.1) is 0 Å². The molecule has 0 N–H and O–H groups in total. The van der Waals surface area contributed by atoms with E-state index in [1.165, 1.54) is 65.0 Å². The van der Waals surface area contributed by atoms with Crippen LogP contribution >= 0.6 is 23.2 Å². The minimum absolute atomic E-state index is 0.746. The summed E-state index contributed by atoms with van der Waals surface area (Å²) in [7, 11) is 0. The second kappa shape index (κ2) is 8.20. The van der Waals surface area contributed by atoms with Crippen molar-refractivity contribution in [1.29, 1.82) is 0 Å². The molecule has 0 heterocycles. The molecule has 178 valence electrons. The summed E-state index contributed by atoms with van der Waals surface area (Å²) in [6.07, 6.45) is 0. The first-order valence-corrected chi connectivity index (χ1v) is 13.5. The molecule has 0 spiro atoms. The van der Waals surface area contributed by atoms with E-state index in [1.807, 2.05) is 24.3 Å². The Morgan fingerprint density at radius 3 is 1.08 bits per heavy atom. The van der Waals surface area contributed by atoms with Crippen LogP contribution < -0.4 is 0 Å². The maximum Gasteiger partial charge on any atom is 0.0484 e. The quantitative estimate of drug-likeness (QED) is 0.156. The molecule has 38 heavy (non-hydrogen) atoms. The molecule has 0 radical (unpaired) electrons. The number of benzene rings is 8. The first kappa shape index (κ1) is 21.9. The summed E-state index contributed by atoms with van der Waals surface area (Å²) in [6.45, 7) is 0. The number of halogens is 2. The molecule has 0 fully saturated rings. The van der Waals surface area contributed by atoms with Crippen molar-refractivity contribution in [3.63, 3.8) is 0 Å². The van der Waals surface area contributed by atoms with Gasteiger partial charge in [-0.05, 0) is 77.1 Å². The van der Waals surface area contributed by atoms with Gasteiger partial charge in [-0.2, -0.15) is 0 Å². The Hall–Kier alpha value is -4.10. The SMILES string of the molecule is Clc1ccccc1-c1c2cccc3cccc(c4c(-c5ccccc5Cl)c5cccc6cccc(c14)c65)c32. The zero-order valence-corrected chi connectivity index (χ0v) is 21.8. The average Bonchev–Trinajstić information content (AvgIpc) is 2.95. The second-order valence-corrected chi connectivity index (χ2v) is 10.7. The third-order valence-corrected chi connectivity index (χ3v) is 8.58. The van der Waals surface area contributed by atoms with Gasteiger partial charge in [0.2, 0.25) is 0 Å². The highest BCUT2D eigenvalue weighted by molar-refractivity contribution is 6.43. The maximum absolute atomic E-state index is 6.96. The lowest BCUT2D eigenvalue weighted by atomic mass is 9.80. The molecule has 0 bridgehead atoms. The summed E-state index contributed by atoms with van der Waals surface area (Å²) in [6, 6.07) is 42.8. The smallest absolute Gasteiger partial charge is 0.0484 e. The molecular weight excluding hydrogens is 503 g/mol. The predicted molar refractivity (Wildman–Crippen MR) is 166 cm³/mol. The molecule has 0 aliphatic carbocycles. The standard InChI is InChI=1S/C36H20Cl2/c37-29-19-3-1-13-23(29)33-25-15-5-9-21-11-8-18-28(31(21)25)36-34(24-14-2-4-20-30(24)38)26-16-6-10-22-12-7-17-27(32(22)26)35(33)36/h1-20H. The van der Waals surface area contributed by atoms with E-state index in [1.54, 1.807) is 0 Å². The Bertz CT molecular complexity index is 2040. The molecule has 8 rings (SSSR count). The van der Waals surface area contributed by atoms with Crippen molar-refractivity contribution in [2.45, 2.75) is 0 Å². The molecule has 8 aromatic rings. The third-order valence-electron chi connectivity index (χ3n) is 7.92. The Morgan fingerprint density at radius 1 is 0.316 bits per heavy atom. The van der Waals surface area contributed by atoms with E-state index in [4.69, 9.17) is 23.2 Å². The van der Waals surface area contributed by atoms with Gasteiger partial charge in [0.05, 0.1) is 0 Å². The molecular formula is C36H20Cl2. The van der Waals surface area contributed by atoms with Gasteiger partial charge in [0.1, 0.15) is 0 Å². The molecule has 0 atom stereocenters. The summed E-state index contributed by atoms with van der Waals surface area (Å²) >= 11 is 13.9. The van der Waals surface area contributed by atoms with E-state index in [0.717, 1.165) is 21.2 Å². The summed E-state index contributed by atoms with van der Waals surface area (Å²) in [5.74, 6) is 0. The van der Waals surface area contributed by atoms with Gasteiger partial charge >= 0.3 is 0 Å². The van der Waals surface area contributed by atoms with Crippen molar-refractivity contribution in [2.75, 3.05) is 0 Å². The van der Waals surface area contributed by atoms with Crippen LogP contribution in [0.3, 0.4) is 0 Å². The van der Waals surface area contributed by atoms with Crippen LogP contribution in [-0.4, -0.2) is 0 Å². The molecule has 8 aromatic carbocycles. The zero-order chi connectivity index (χ0) is 25.4. The van der Waals surface area contributed by atoms with Gasteiger partial charge in [-0.15, -0.1) is 0 Å². The Balaban J connectivity index is 1.81. The van der Waals surface area contributed by atoms with E-state index in [9.17, 15) is 0 Å². The highest BCUT2D eigenvalue weighted by Gasteiger charge is 2.24. The van der Waals surface area contributed by atoms with Crippen molar-refractivity contribution < 1.29 is 0 Å². The van der Waals surface area contributed by atoms with Gasteiger partial charge in [0.15, 0.2) is 0 Å². The van der Waals surface area contributed by atoms with Gasteiger partial charge in [-0.3, -0.25) is 0 Å². The lowest BCUT2D eigenvalue weighted by molar-refractivity contribution is 1.67. The van der Waals surface area contributed by atoms with Gasteiger partial charge in [0, 0.05) is 21.2 Å². The fourth-order valence-electron chi connectivity index (χ4n) is 6.46. The Labute approximate surface area is 230 Å². The Morgan fingerprint density at radius 2 is 0.684 bits per heavy atom. The topological polar surface area (TPSA) is 0 Å². The normalized spacial score (nSPS) is 11.9. The minimum atomic E-state index is 0.746. The van der Waals surface area contributed by atoms with Gasteiger partial charge < -0.3 is 0 Å². The van der Waals surface area contributed by atoms with Crippen LogP contribution in [0.5, 0.6) is 0 Å². The third kappa shape index (κ3) is 2.93. The zero-order valence-electron chi connectivity index (χ0n) is 20.3. The summed E-state index contributed by atoms with van der Waals surface area (Å²) in [4.78, 5) is 0. The number of hydrogen-bond acceptors (Lipinski definition) is 0. The van der Waals surface area contributed by atoms with Crippen molar-refractivity contribution in [2.24, 2.45) is 0 Å². The van der Waals surface area contributed by atoms with Gasteiger partial charge in [0.25, 0.3) is 0 Å². The van der Waals surface area contributed by atoms with E-state index in [2.05, 4.69) is 97.1 Å². The fraction of sp³-hybridized carbons (Fsp3) is 0. The molecule has 0 aliphatic rings. The Kier molecular flexibility index (Phi) is 4.73. The molecule has 0 amide bonds. The summed E-state index contributed by atoms with van der Waals surface area (Å²) in [5, 5.41) is 13.7. The average molecular weight is 523 g/mol. The summed E-state index contributed by atoms with van der Waals surface area (Å²) < 4.78 is 0. The number of rotatable bonds is 2. The number of hydrogen-bond donors (Lipinski definition) is 0. The number of fused-ring (bicyclic) bond motifs is 3. The molecule has 0 aromatic heterocycles. The first-order chi connectivity index (χ1) is 18.7. The highest BCUT2D eigenvalue weighted by atomic mass is 35.5. The maximum atomic E-state index is 6.96. The molecule has 0 nitrogen and oxygen atoms in total.